The second-order valence-corrected chi connectivity index (χ2v) is 2.88. The van der Waals surface area contributed by atoms with Crippen molar-refractivity contribution in [2.75, 3.05) is 6.54 Å². The normalized spacial score (nSPS) is 18.3. The van der Waals surface area contributed by atoms with Crippen LogP contribution < -0.4 is 11.5 Å². The van der Waals surface area contributed by atoms with Gasteiger partial charge >= 0.3 is 0 Å². The van der Waals surface area contributed by atoms with E-state index in [2.05, 4.69) is 5.73 Å². The highest BCUT2D eigenvalue weighted by Crippen LogP contribution is 2.21. The Morgan fingerprint density at radius 3 is 2.00 bits per heavy atom. The van der Waals surface area contributed by atoms with E-state index in [1.165, 1.54) is 32.1 Å². The molecule has 0 aliphatic heterocycles. The molecule has 0 unspecified atom stereocenters. The van der Waals surface area contributed by atoms with Gasteiger partial charge in [0, 0.05) is 0 Å². The molecule has 1 aliphatic carbocycles. The van der Waals surface area contributed by atoms with Crippen LogP contribution in [0.2, 0.25) is 0 Å². The Hall–Kier alpha value is -0.570. The zero-order valence-electron chi connectivity index (χ0n) is 6.96. The van der Waals surface area contributed by atoms with Crippen molar-refractivity contribution in [3.63, 3.8) is 0 Å². The maximum absolute atomic E-state index is 8.58. The molecule has 0 aromatic heterocycles. The summed E-state index contributed by atoms with van der Waals surface area (Å²) < 4.78 is 0. The van der Waals surface area contributed by atoms with E-state index in [0.717, 1.165) is 12.5 Å². The van der Waals surface area contributed by atoms with Crippen molar-refractivity contribution in [2.24, 2.45) is 17.4 Å². The van der Waals surface area contributed by atoms with Crippen LogP contribution in [0, 0.1) is 5.92 Å². The van der Waals surface area contributed by atoms with E-state index in [1.54, 1.807) is 0 Å². The first kappa shape index (κ1) is 10.4. The van der Waals surface area contributed by atoms with Gasteiger partial charge in [-0.25, -0.2) is 0 Å². The molecule has 1 rings (SSSR count). The smallest absolute Gasteiger partial charge is 0.204 e. The summed E-state index contributed by atoms with van der Waals surface area (Å²) in [7, 11) is 0. The van der Waals surface area contributed by atoms with Gasteiger partial charge in [0.05, 0.1) is 0 Å². The highest BCUT2D eigenvalue weighted by molar-refractivity contribution is 5.42. The highest BCUT2D eigenvalue weighted by Gasteiger charge is 2.09. The van der Waals surface area contributed by atoms with E-state index in [1.807, 2.05) is 0 Å². The van der Waals surface area contributed by atoms with Gasteiger partial charge in [0.2, 0.25) is 6.41 Å². The third-order valence-electron chi connectivity index (χ3n) is 2.06. The molecule has 66 valence electrons. The maximum Gasteiger partial charge on any atom is 0.204 e. The molecule has 0 heterocycles. The molecule has 0 saturated heterocycles. The van der Waals surface area contributed by atoms with Crippen molar-refractivity contribution in [1.29, 1.82) is 0 Å². The quantitative estimate of drug-likeness (QED) is 0.549. The van der Waals surface area contributed by atoms with Gasteiger partial charge in [-0.05, 0) is 25.3 Å². The molecule has 0 atom stereocenters. The average molecular weight is 158 g/mol. The third kappa shape index (κ3) is 5.85. The van der Waals surface area contributed by atoms with E-state index >= 15 is 0 Å². The highest BCUT2D eigenvalue weighted by atomic mass is 16.1. The van der Waals surface area contributed by atoms with Gasteiger partial charge < -0.3 is 11.5 Å². The molecule has 0 spiro atoms. The number of carbonyl (C=O) groups excluding carboxylic acids is 1. The molecule has 1 fully saturated rings. The van der Waals surface area contributed by atoms with Crippen LogP contribution in [0.1, 0.15) is 32.1 Å². The lowest BCUT2D eigenvalue weighted by Gasteiger charge is -2.18. The molecule has 0 aromatic rings. The second kappa shape index (κ2) is 7.54. The first-order valence-electron chi connectivity index (χ1n) is 4.20. The van der Waals surface area contributed by atoms with E-state index in [9.17, 15) is 0 Å². The monoisotopic (exact) mass is 158 g/mol. The van der Waals surface area contributed by atoms with Crippen LogP contribution >= 0.6 is 0 Å². The van der Waals surface area contributed by atoms with Crippen molar-refractivity contribution in [2.45, 2.75) is 32.1 Å². The first-order chi connectivity index (χ1) is 5.35. The standard InChI is InChI=1S/C7H15N.CH3NO/c8-6-7-4-2-1-3-5-7;2-1-3/h7H,1-6,8H2;1H,(H2,2,3). The van der Waals surface area contributed by atoms with Gasteiger partial charge in [-0.15, -0.1) is 0 Å². The summed E-state index contributed by atoms with van der Waals surface area (Å²) in [5.74, 6) is 0.865. The molecule has 11 heavy (non-hydrogen) atoms. The van der Waals surface area contributed by atoms with Gasteiger partial charge in [0.25, 0.3) is 0 Å². The summed E-state index contributed by atoms with van der Waals surface area (Å²) in [6.45, 7) is 0.917. The number of hydrogen-bond acceptors (Lipinski definition) is 2. The number of nitrogens with two attached hydrogens (primary N) is 2. The summed E-state index contributed by atoms with van der Waals surface area (Å²) >= 11 is 0. The molecular weight excluding hydrogens is 140 g/mol. The van der Waals surface area contributed by atoms with Crippen molar-refractivity contribution in [3.8, 4) is 0 Å². The minimum absolute atomic E-state index is 0.250. The fourth-order valence-corrected chi connectivity index (χ4v) is 1.42. The van der Waals surface area contributed by atoms with Crippen LogP contribution in [-0.4, -0.2) is 13.0 Å². The summed E-state index contributed by atoms with van der Waals surface area (Å²) in [5, 5.41) is 0. The largest absolute Gasteiger partial charge is 0.372 e. The lowest BCUT2D eigenvalue weighted by atomic mass is 9.90. The number of primary amides is 1. The fraction of sp³-hybridized carbons (Fsp3) is 0.875. The number of carbonyl (C=O) groups is 1. The lowest BCUT2D eigenvalue weighted by molar-refractivity contribution is -0.106. The van der Waals surface area contributed by atoms with Crippen LogP contribution in [0.3, 0.4) is 0 Å². The minimum Gasteiger partial charge on any atom is -0.372 e. The van der Waals surface area contributed by atoms with Gasteiger partial charge in [0.1, 0.15) is 0 Å². The summed E-state index contributed by atoms with van der Waals surface area (Å²) in [5.41, 5.74) is 9.67. The van der Waals surface area contributed by atoms with Gasteiger partial charge in [-0.1, -0.05) is 19.3 Å². The van der Waals surface area contributed by atoms with E-state index in [-0.39, 0.29) is 6.41 Å². The average Bonchev–Trinajstić information content (AvgIpc) is 2.08. The van der Waals surface area contributed by atoms with Gasteiger partial charge in [-0.2, -0.15) is 0 Å². The maximum atomic E-state index is 8.58. The summed E-state index contributed by atoms with van der Waals surface area (Å²) in [4.78, 5) is 8.58. The predicted molar refractivity (Wildman–Crippen MR) is 45.9 cm³/mol. The molecule has 1 amide bonds. The molecule has 0 bridgehead atoms. The molecule has 3 heteroatoms. The van der Waals surface area contributed by atoms with Crippen molar-refractivity contribution < 1.29 is 4.79 Å². The Kier molecular flexibility index (Phi) is 7.15. The molecule has 1 saturated carbocycles. The Morgan fingerprint density at radius 2 is 1.73 bits per heavy atom. The topological polar surface area (TPSA) is 69.1 Å². The zero-order chi connectivity index (χ0) is 8.53. The van der Waals surface area contributed by atoms with Crippen LogP contribution in [0.5, 0.6) is 0 Å². The van der Waals surface area contributed by atoms with E-state index in [4.69, 9.17) is 10.5 Å². The zero-order valence-corrected chi connectivity index (χ0v) is 6.96. The Morgan fingerprint density at radius 1 is 1.27 bits per heavy atom. The molecule has 0 aromatic carbocycles. The SMILES string of the molecule is NC=O.NCC1CCCCC1. The van der Waals surface area contributed by atoms with Crippen molar-refractivity contribution in [3.05, 3.63) is 0 Å². The Balaban J connectivity index is 0.000000292. The molecule has 1 aliphatic rings. The molecular formula is C8H18N2O. The first-order valence-corrected chi connectivity index (χ1v) is 4.20. The number of amides is 1. The Labute approximate surface area is 68.1 Å². The van der Waals surface area contributed by atoms with Crippen LogP contribution in [0.25, 0.3) is 0 Å². The van der Waals surface area contributed by atoms with Crippen molar-refractivity contribution >= 4 is 6.41 Å². The van der Waals surface area contributed by atoms with Gasteiger partial charge in [-0.3, -0.25) is 4.79 Å². The molecule has 3 nitrogen and oxygen atoms in total. The van der Waals surface area contributed by atoms with E-state index in [0.29, 0.717) is 0 Å². The number of hydrogen-bond donors (Lipinski definition) is 2. The summed E-state index contributed by atoms with van der Waals surface area (Å²) in [6.07, 6.45) is 7.30. The fourth-order valence-electron chi connectivity index (χ4n) is 1.42. The summed E-state index contributed by atoms with van der Waals surface area (Å²) in [6, 6.07) is 0. The van der Waals surface area contributed by atoms with E-state index < -0.39 is 0 Å². The Bertz CT molecular complexity index is 90.1. The number of rotatable bonds is 1. The van der Waals surface area contributed by atoms with Crippen molar-refractivity contribution in [1.82, 2.24) is 0 Å². The van der Waals surface area contributed by atoms with Crippen LogP contribution in [0.15, 0.2) is 0 Å². The second-order valence-electron chi connectivity index (χ2n) is 2.88. The lowest BCUT2D eigenvalue weighted by Crippen LogP contribution is -2.16. The third-order valence-corrected chi connectivity index (χ3v) is 2.06. The molecule has 0 radical (unpaired) electrons. The molecule has 4 N–H and O–H groups in total. The van der Waals surface area contributed by atoms with Crippen LogP contribution in [-0.2, 0) is 4.79 Å². The van der Waals surface area contributed by atoms with Gasteiger partial charge in [0.15, 0.2) is 0 Å². The van der Waals surface area contributed by atoms with Crippen LogP contribution in [0.4, 0.5) is 0 Å². The minimum atomic E-state index is 0.250. The predicted octanol–water partition coefficient (Wildman–Crippen LogP) is 0.627.